The van der Waals surface area contributed by atoms with E-state index in [-0.39, 0.29) is 0 Å². The maximum absolute atomic E-state index is 11.0. The van der Waals surface area contributed by atoms with Crippen LogP contribution in [0.3, 0.4) is 0 Å². The van der Waals surface area contributed by atoms with Crippen molar-refractivity contribution in [2.45, 2.75) is 51.2 Å². The molecule has 1 aromatic rings. The number of hydrogen-bond donors (Lipinski definition) is 1. The van der Waals surface area contributed by atoms with Crippen LogP contribution in [-0.2, 0) is 10.4 Å². The van der Waals surface area contributed by atoms with E-state index in [4.69, 9.17) is 0 Å². The number of thiazole rings is 1. The van der Waals surface area contributed by atoms with Crippen LogP contribution in [0, 0.1) is 0 Å². The number of hydrogen-bond acceptors (Lipinski definition) is 4. The fraction of sp³-hybridized carbons (Fsp3) is 0.692. The highest BCUT2D eigenvalue weighted by atomic mass is 32.1. The monoisotopic (exact) mass is 268 g/mol. The van der Waals surface area contributed by atoms with E-state index in [1.807, 2.05) is 11.1 Å². The first kappa shape index (κ1) is 13.5. The highest BCUT2D eigenvalue weighted by Crippen LogP contribution is 2.35. The predicted octanol–water partition coefficient (Wildman–Crippen LogP) is 2.09. The van der Waals surface area contributed by atoms with Gasteiger partial charge in [0.15, 0.2) is 0 Å². The molecular weight excluding hydrogens is 248 g/mol. The fourth-order valence-electron chi connectivity index (χ4n) is 2.27. The van der Waals surface area contributed by atoms with Gasteiger partial charge in [0.05, 0.1) is 0 Å². The molecule has 0 spiro atoms. The quantitative estimate of drug-likeness (QED) is 0.854. The molecule has 0 saturated carbocycles. The van der Waals surface area contributed by atoms with Gasteiger partial charge >= 0.3 is 0 Å². The van der Waals surface area contributed by atoms with Crippen LogP contribution < -0.4 is 0 Å². The van der Waals surface area contributed by atoms with Gasteiger partial charge in [-0.1, -0.05) is 0 Å². The Morgan fingerprint density at radius 1 is 1.56 bits per heavy atom. The van der Waals surface area contributed by atoms with Crippen molar-refractivity contribution in [3.8, 4) is 0 Å². The van der Waals surface area contributed by atoms with E-state index in [1.54, 1.807) is 25.2 Å². The molecule has 1 saturated heterocycles. The van der Waals surface area contributed by atoms with E-state index in [9.17, 15) is 9.90 Å². The molecule has 0 aromatic carbocycles. The van der Waals surface area contributed by atoms with Gasteiger partial charge in [0.2, 0.25) is 6.41 Å². The Bertz CT molecular complexity index is 425. The Labute approximate surface area is 112 Å². The van der Waals surface area contributed by atoms with Gasteiger partial charge in [0.25, 0.3) is 0 Å². The summed E-state index contributed by atoms with van der Waals surface area (Å²) in [6, 6.07) is 0.334. The van der Waals surface area contributed by atoms with Crippen molar-refractivity contribution in [3.63, 3.8) is 0 Å². The molecule has 2 rings (SSSR count). The van der Waals surface area contributed by atoms with E-state index in [0.717, 1.165) is 30.8 Å². The summed E-state index contributed by atoms with van der Waals surface area (Å²) in [4.78, 5) is 18.3. The van der Waals surface area contributed by atoms with Crippen LogP contribution in [0.4, 0.5) is 0 Å². The average molecular weight is 268 g/mol. The van der Waals surface area contributed by atoms with Crippen LogP contribution in [-0.4, -0.2) is 34.0 Å². The van der Waals surface area contributed by atoms with Gasteiger partial charge in [-0.15, -0.1) is 11.3 Å². The second-order valence-corrected chi connectivity index (χ2v) is 6.61. The first-order valence-electron chi connectivity index (χ1n) is 6.31. The van der Waals surface area contributed by atoms with Crippen LogP contribution in [0.2, 0.25) is 0 Å². The summed E-state index contributed by atoms with van der Waals surface area (Å²) >= 11 is 1.56. The SMILES string of the molecule is C[C@@H]1CC[C@@H](c2cnc(C(C)(C)O)s2)CN1C=O. The summed E-state index contributed by atoms with van der Waals surface area (Å²) in [6.07, 6.45) is 4.90. The average Bonchev–Trinajstić information content (AvgIpc) is 2.78. The minimum absolute atomic E-state index is 0.334. The third-order valence-electron chi connectivity index (χ3n) is 3.51. The number of aromatic nitrogens is 1. The Balaban J connectivity index is 2.13. The molecule has 1 aliphatic rings. The fourth-order valence-corrected chi connectivity index (χ4v) is 3.31. The first-order chi connectivity index (χ1) is 8.41. The third kappa shape index (κ3) is 2.72. The van der Waals surface area contributed by atoms with Crippen molar-refractivity contribution >= 4 is 17.7 Å². The zero-order chi connectivity index (χ0) is 13.3. The number of amides is 1. The van der Waals surface area contributed by atoms with E-state index < -0.39 is 5.60 Å². The maximum atomic E-state index is 11.0. The van der Waals surface area contributed by atoms with Crippen LogP contribution in [0.25, 0.3) is 0 Å². The molecule has 4 nitrogen and oxygen atoms in total. The highest BCUT2D eigenvalue weighted by Gasteiger charge is 2.28. The van der Waals surface area contributed by atoms with Gasteiger partial charge in [0, 0.05) is 29.6 Å². The molecule has 2 atom stereocenters. The molecule has 1 aliphatic heterocycles. The number of piperidine rings is 1. The molecule has 1 N–H and O–H groups in total. The van der Waals surface area contributed by atoms with Gasteiger partial charge in [-0.2, -0.15) is 0 Å². The lowest BCUT2D eigenvalue weighted by Crippen LogP contribution is -2.39. The molecule has 1 aromatic heterocycles. The summed E-state index contributed by atoms with van der Waals surface area (Å²) in [5.74, 6) is 0.361. The Kier molecular flexibility index (Phi) is 3.73. The number of likely N-dealkylation sites (tertiary alicyclic amines) is 1. The van der Waals surface area contributed by atoms with Crippen LogP contribution in [0.5, 0.6) is 0 Å². The predicted molar refractivity (Wildman–Crippen MR) is 71.6 cm³/mol. The zero-order valence-corrected chi connectivity index (χ0v) is 11.9. The zero-order valence-electron chi connectivity index (χ0n) is 11.1. The first-order valence-corrected chi connectivity index (χ1v) is 7.13. The summed E-state index contributed by atoms with van der Waals surface area (Å²) in [6.45, 7) is 6.34. The minimum Gasteiger partial charge on any atom is -0.383 e. The highest BCUT2D eigenvalue weighted by molar-refractivity contribution is 7.11. The van der Waals surface area contributed by atoms with Crippen molar-refractivity contribution in [1.82, 2.24) is 9.88 Å². The van der Waals surface area contributed by atoms with Crippen LogP contribution in [0.15, 0.2) is 6.20 Å². The van der Waals surface area contributed by atoms with Gasteiger partial charge in [-0.3, -0.25) is 4.79 Å². The van der Waals surface area contributed by atoms with Gasteiger partial charge < -0.3 is 10.0 Å². The van der Waals surface area contributed by atoms with Crippen molar-refractivity contribution in [3.05, 3.63) is 16.1 Å². The summed E-state index contributed by atoms with van der Waals surface area (Å²) in [7, 11) is 0. The van der Waals surface area contributed by atoms with Crippen LogP contribution >= 0.6 is 11.3 Å². The molecule has 0 aliphatic carbocycles. The maximum Gasteiger partial charge on any atom is 0.209 e. The second kappa shape index (κ2) is 4.97. The lowest BCUT2D eigenvalue weighted by atomic mass is 9.93. The lowest BCUT2D eigenvalue weighted by Gasteiger charge is -2.34. The number of carbonyl (C=O) groups is 1. The summed E-state index contributed by atoms with van der Waals surface area (Å²) < 4.78 is 0. The van der Waals surface area contributed by atoms with Gasteiger partial charge in [-0.05, 0) is 33.6 Å². The molecule has 5 heteroatoms. The van der Waals surface area contributed by atoms with Crippen LogP contribution in [0.1, 0.15) is 49.4 Å². The third-order valence-corrected chi connectivity index (χ3v) is 4.99. The van der Waals surface area contributed by atoms with Crippen molar-refractivity contribution in [2.24, 2.45) is 0 Å². The van der Waals surface area contributed by atoms with Crippen molar-refractivity contribution in [1.29, 1.82) is 0 Å². The molecular formula is C13H20N2O2S. The summed E-state index contributed by atoms with van der Waals surface area (Å²) in [5, 5.41) is 10.7. The molecule has 2 heterocycles. The van der Waals surface area contributed by atoms with Crippen molar-refractivity contribution in [2.75, 3.05) is 6.54 Å². The largest absolute Gasteiger partial charge is 0.383 e. The number of rotatable bonds is 3. The lowest BCUT2D eigenvalue weighted by molar-refractivity contribution is -0.121. The van der Waals surface area contributed by atoms with Crippen molar-refractivity contribution < 1.29 is 9.90 Å². The van der Waals surface area contributed by atoms with E-state index in [1.165, 1.54) is 4.88 Å². The van der Waals surface area contributed by atoms with Gasteiger partial charge in [0.1, 0.15) is 10.6 Å². The topological polar surface area (TPSA) is 53.4 Å². The standard InChI is InChI=1S/C13H20N2O2S/c1-9-4-5-10(7-15(9)8-16)11-6-14-12(18-11)13(2,3)17/h6,8-10,17H,4-5,7H2,1-3H3/t9-,10-/m1/s1. The Morgan fingerprint density at radius 3 is 2.83 bits per heavy atom. The normalized spacial score (nSPS) is 25.2. The minimum atomic E-state index is -0.880. The summed E-state index contributed by atoms with van der Waals surface area (Å²) in [5.41, 5.74) is -0.880. The number of carbonyl (C=O) groups excluding carboxylic acids is 1. The Morgan fingerprint density at radius 2 is 2.28 bits per heavy atom. The molecule has 1 amide bonds. The Hall–Kier alpha value is -0.940. The number of nitrogens with zero attached hydrogens (tertiary/aromatic N) is 2. The molecule has 18 heavy (non-hydrogen) atoms. The molecule has 0 radical (unpaired) electrons. The molecule has 0 unspecified atom stereocenters. The number of aliphatic hydroxyl groups is 1. The van der Waals surface area contributed by atoms with E-state index >= 15 is 0 Å². The molecule has 1 fully saturated rings. The van der Waals surface area contributed by atoms with E-state index in [0.29, 0.717) is 12.0 Å². The molecule has 100 valence electrons. The van der Waals surface area contributed by atoms with Gasteiger partial charge in [-0.25, -0.2) is 4.98 Å². The second-order valence-electron chi connectivity index (χ2n) is 5.55. The van der Waals surface area contributed by atoms with E-state index in [2.05, 4.69) is 11.9 Å². The smallest absolute Gasteiger partial charge is 0.209 e. The molecule has 0 bridgehead atoms.